The number of Topliss-reactive ketones (excluding diaryl/α,β-unsaturated/α-hetero) is 1. The van der Waals surface area contributed by atoms with Crippen LogP contribution in [0, 0.1) is 0 Å². The molecule has 2 atom stereocenters. The molecule has 1 N–H and O–H groups in total. The molecule has 2 amide bonds. The van der Waals surface area contributed by atoms with E-state index in [1.807, 2.05) is 37.3 Å². The Labute approximate surface area is 197 Å². The normalized spacial score (nSPS) is 16.4. The van der Waals surface area contributed by atoms with Gasteiger partial charge in [0.1, 0.15) is 0 Å². The zero-order valence-corrected chi connectivity index (χ0v) is 18.6. The van der Waals surface area contributed by atoms with Gasteiger partial charge in [-0.15, -0.1) is 0 Å². The van der Waals surface area contributed by atoms with Gasteiger partial charge in [-0.05, 0) is 36.8 Å². The van der Waals surface area contributed by atoms with Crippen molar-refractivity contribution in [1.29, 1.82) is 0 Å². The van der Waals surface area contributed by atoms with Crippen molar-refractivity contribution in [3.8, 4) is 0 Å². The van der Waals surface area contributed by atoms with Gasteiger partial charge in [0.25, 0.3) is 5.91 Å². The van der Waals surface area contributed by atoms with Gasteiger partial charge in [0.05, 0.1) is 23.7 Å². The van der Waals surface area contributed by atoms with Crippen LogP contribution in [0.3, 0.4) is 0 Å². The Morgan fingerprint density at radius 1 is 0.912 bits per heavy atom. The van der Waals surface area contributed by atoms with Crippen LogP contribution in [0.5, 0.6) is 0 Å². The molecule has 7 heteroatoms. The lowest BCUT2D eigenvalue weighted by molar-refractivity contribution is -0.121. The minimum absolute atomic E-state index is 0.0569. The molecular formula is C27H24N2O5. The zero-order chi connectivity index (χ0) is 24.1. The number of benzene rings is 3. The number of ether oxygens (including phenoxy) is 1. The summed E-state index contributed by atoms with van der Waals surface area (Å²) < 4.78 is 5.11. The first-order valence-corrected chi connectivity index (χ1v) is 11.0. The number of anilines is 1. The van der Waals surface area contributed by atoms with Crippen molar-refractivity contribution in [1.82, 2.24) is 5.32 Å². The zero-order valence-electron chi connectivity index (χ0n) is 18.6. The van der Waals surface area contributed by atoms with E-state index in [1.54, 1.807) is 30.3 Å². The Bertz CT molecular complexity index is 1190. The Morgan fingerprint density at radius 3 is 2.18 bits per heavy atom. The highest BCUT2D eigenvalue weighted by Gasteiger charge is 2.40. The lowest BCUT2D eigenvalue weighted by atomic mass is 10.1. The Hall–Kier alpha value is -4.10. The van der Waals surface area contributed by atoms with Crippen molar-refractivity contribution in [3.05, 3.63) is 102 Å². The number of rotatable bonds is 8. The standard InChI is InChI=1S/C27H24N2O5/c1-18(19-8-4-2-5-9-19)28-23-16-25(31)29(26(23)32)22-14-12-21(13-15-22)27(33)34-17-24(30)20-10-6-3-7-11-20/h2-15,18,23,28H,16-17H2,1H3. The third-order valence-corrected chi connectivity index (χ3v) is 5.69. The summed E-state index contributed by atoms with van der Waals surface area (Å²) in [6, 6.07) is 23.5. The first-order chi connectivity index (χ1) is 16.4. The number of nitrogens with one attached hydrogen (secondary N) is 1. The molecule has 34 heavy (non-hydrogen) atoms. The highest BCUT2D eigenvalue weighted by Crippen LogP contribution is 2.25. The van der Waals surface area contributed by atoms with Crippen molar-refractivity contribution in [2.24, 2.45) is 0 Å². The highest BCUT2D eigenvalue weighted by atomic mass is 16.5. The first-order valence-electron chi connectivity index (χ1n) is 11.0. The number of imide groups is 1. The van der Waals surface area contributed by atoms with Crippen LogP contribution in [0.25, 0.3) is 0 Å². The minimum atomic E-state index is -0.661. The molecule has 1 heterocycles. The van der Waals surface area contributed by atoms with Crippen molar-refractivity contribution < 1.29 is 23.9 Å². The fraction of sp³-hybridized carbons (Fsp3) is 0.185. The smallest absolute Gasteiger partial charge is 0.338 e. The summed E-state index contributed by atoms with van der Waals surface area (Å²) in [5.41, 5.74) is 2.08. The topological polar surface area (TPSA) is 92.8 Å². The Morgan fingerprint density at radius 2 is 1.53 bits per heavy atom. The summed E-state index contributed by atoms with van der Waals surface area (Å²) in [4.78, 5) is 51.1. The van der Waals surface area contributed by atoms with Crippen LogP contribution in [-0.2, 0) is 14.3 Å². The maximum Gasteiger partial charge on any atom is 0.338 e. The van der Waals surface area contributed by atoms with Crippen LogP contribution in [0.15, 0.2) is 84.9 Å². The number of amides is 2. The SMILES string of the molecule is CC(NC1CC(=O)N(c2ccc(C(=O)OCC(=O)c3ccccc3)cc2)C1=O)c1ccccc1. The summed E-state index contributed by atoms with van der Waals surface area (Å²) in [6.45, 7) is 1.57. The number of hydrogen-bond donors (Lipinski definition) is 1. The number of nitrogens with zero attached hydrogens (tertiary/aromatic N) is 1. The summed E-state index contributed by atoms with van der Waals surface area (Å²) in [5, 5.41) is 3.23. The van der Waals surface area contributed by atoms with Gasteiger partial charge in [0.2, 0.25) is 5.91 Å². The van der Waals surface area contributed by atoms with E-state index in [2.05, 4.69) is 5.32 Å². The molecule has 2 unspecified atom stereocenters. The number of carbonyl (C=O) groups excluding carboxylic acids is 4. The molecular weight excluding hydrogens is 432 g/mol. The molecule has 1 saturated heterocycles. The van der Waals surface area contributed by atoms with Gasteiger partial charge < -0.3 is 4.74 Å². The fourth-order valence-electron chi connectivity index (χ4n) is 3.84. The quantitative estimate of drug-likeness (QED) is 0.316. The van der Waals surface area contributed by atoms with E-state index in [-0.39, 0.29) is 42.2 Å². The van der Waals surface area contributed by atoms with E-state index >= 15 is 0 Å². The number of carbonyl (C=O) groups is 4. The lowest BCUT2D eigenvalue weighted by Crippen LogP contribution is -2.40. The first kappa shape index (κ1) is 23.1. The number of hydrogen-bond acceptors (Lipinski definition) is 6. The molecule has 3 aromatic rings. The molecule has 0 aromatic heterocycles. The van der Waals surface area contributed by atoms with Crippen LogP contribution in [-0.4, -0.2) is 36.2 Å². The molecule has 172 valence electrons. The van der Waals surface area contributed by atoms with E-state index in [0.29, 0.717) is 11.3 Å². The third-order valence-electron chi connectivity index (χ3n) is 5.69. The van der Waals surface area contributed by atoms with Gasteiger partial charge in [0, 0.05) is 11.6 Å². The second kappa shape index (κ2) is 10.2. The van der Waals surface area contributed by atoms with Crippen molar-refractivity contribution in [3.63, 3.8) is 0 Å². The molecule has 1 aliphatic heterocycles. The second-order valence-electron chi connectivity index (χ2n) is 8.04. The van der Waals surface area contributed by atoms with Crippen LogP contribution in [0.2, 0.25) is 0 Å². The molecule has 3 aromatic carbocycles. The van der Waals surface area contributed by atoms with Crippen LogP contribution in [0.4, 0.5) is 5.69 Å². The van der Waals surface area contributed by atoms with Crippen molar-refractivity contribution >= 4 is 29.3 Å². The number of esters is 1. The summed E-state index contributed by atoms with van der Waals surface area (Å²) in [7, 11) is 0. The lowest BCUT2D eigenvalue weighted by Gasteiger charge is -2.19. The summed E-state index contributed by atoms with van der Waals surface area (Å²) in [6.07, 6.45) is 0.0569. The second-order valence-corrected chi connectivity index (χ2v) is 8.04. The van der Waals surface area contributed by atoms with Crippen LogP contribution < -0.4 is 10.2 Å². The Kier molecular flexibility index (Phi) is 6.94. The maximum atomic E-state index is 12.9. The summed E-state index contributed by atoms with van der Waals surface area (Å²) >= 11 is 0. The van der Waals surface area contributed by atoms with Crippen molar-refractivity contribution in [2.75, 3.05) is 11.5 Å². The largest absolute Gasteiger partial charge is 0.454 e. The highest BCUT2D eigenvalue weighted by molar-refractivity contribution is 6.22. The van der Waals surface area contributed by atoms with Crippen molar-refractivity contribution in [2.45, 2.75) is 25.4 Å². The molecule has 0 aliphatic carbocycles. The average molecular weight is 456 g/mol. The van der Waals surface area contributed by atoms with E-state index in [9.17, 15) is 19.2 Å². The average Bonchev–Trinajstić information content (AvgIpc) is 3.15. The number of ketones is 1. The molecule has 1 aliphatic rings. The maximum absolute atomic E-state index is 12.9. The predicted molar refractivity (Wildman–Crippen MR) is 126 cm³/mol. The molecule has 1 fully saturated rings. The van der Waals surface area contributed by atoms with Gasteiger partial charge in [-0.3, -0.25) is 19.7 Å². The van der Waals surface area contributed by atoms with Gasteiger partial charge in [-0.2, -0.15) is 0 Å². The van der Waals surface area contributed by atoms with Gasteiger partial charge in [0.15, 0.2) is 12.4 Å². The molecule has 7 nitrogen and oxygen atoms in total. The molecule has 0 bridgehead atoms. The molecule has 0 saturated carbocycles. The van der Waals surface area contributed by atoms with Gasteiger partial charge in [-0.25, -0.2) is 9.69 Å². The van der Waals surface area contributed by atoms with Gasteiger partial charge in [-0.1, -0.05) is 60.7 Å². The molecule has 0 radical (unpaired) electrons. The Balaban J connectivity index is 1.37. The monoisotopic (exact) mass is 456 g/mol. The minimum Gasteiger partial charge on any atom is -0.454 e. The predicted octanol–water partition coefficient (Wildman–Crippen LogP) is 3.71. The summed E-state index contributed by atoms with van der Waals surface area (Å²) in [5.74, 6) is -1.61. The van der Waals surface area contributed by atoms with Crippen LogP contribution >= 0.6 is 0 Å². The molecule has 0 spiro atoms. The van der Waals surface area contributed by atoms with Gasteiger partial charge >= 0.3 is 5.97 Å². The van der Waals surface area contributed by atoms with E-state index < -0.39 is 12.0 Å². The van der Waals surface area contributed by atoms with E-state index in [4.69, 9.17) is 4.74 Å². The molecule has 4 rings (SSSR count). The van der Waals surface area contributed by atoms with E-state index in [1.165, 1.54) is 24.3 Å². The van der Waals surface area contributed by atoms with E-state index in [0.717, 1.165) is 10.5 Å². The fourth-order valence-corrected chi connectivity index (χ4v) is 3.84. The third kappa shape index (κ3) is 5.10. The van der Waals surface area contributed by atoms with Crippen LogP contribution in [0.1, 0.15) is 45.7 Å².